The van der Waals surface area contributed by atoms with Crippen molar-refractivity contribution in [3.63, 3.8) is 0 Å². The molecule has 2 heterocycles. The number of benzene rings is 1. The summed E-state index contributed by atoms with van der Waals surface area (Å²) in [6.07, 6.45) is 7.17. The summed E-state index contributed by atoms with van der Waals surface area (Å²) in [5.41, 5.74) is 0.522. The van der Waals surface area contributed by atoms with Crippen LogP contribution in [0, 0.1) is 30.6 Å². The van der Waals surface area contributed by atoms with Crippen LogP contribution < -0.4 is 10.0 Å². The van der Waals surface area contributed by atoms with E-state index in [4.69, 9.17) is 6.42 Å². The molecule has 8 nitrogen and oxygen atoms in total. The lowest BCUT2D eigenvalue weighted by Gasteiger charge is -2.27. The summed E-state index contributed by atoms with van der Waals surface area (Å²) < 4.78 is 29.6. The summed E-state index contributed by atoms with van der Waals surface area (Å²) in [4.78, 5) is 13.0. The van der Waals surface area contributed by atoms with Crippen molar-refractivity contribution in [1.82, 2.24) is 9.29 Å². The smallest absolute Gasteiger partial charge is 0.272 e. The number of nitrogens with zero attached hydrogens (tertiary/aromatic N) is 2. The lowest BCUT2D eigenvalue weighted by molar-refractivity contribution is 0.0827. The molecule has 0 saturated heterocycles. The Labute approximate surface area is 175 Å². The van der Waals surface area contributed by atoms with E-state index in [1.54, 1.807) is 32.2 Å². The standard InChI is InChI=1S/C21H22N4O4S/c1-5-21(3,27)18-9-8-16-17(30(28,29)24-18)12-25(4)19(16)20(26)23-15-7-6-13(2)14(10-15)11-22/h1,6-7,10,12,18,24,27H,8-9H2,2-4H3,(H,23,26)/t18-,21-/m0/s1. The fraction of sp³-hybridized carbons (Fsp3) is 0.333. The average molecular weight is 426 g/mol. The molecule has 1 aromatic carbocycles. The number of nitriles is 1. The number of rotatable bonds is 3. The molecule has 2 aromatic rings. The Hall–Kier alpha value is -3.11. The van der Waals surface area contributed by atoms with Gasteiger partial charge in [-0.05, 0) is 44.4 Å². The van der Waals surface area contributed by atoms with Crippen molar-refractivity contribution in [3.8, 4) is 18.4 Å². The third-order valence-electron chi connectivity index (χ3n) is 5.32. The molecule has 2 atom stereocenters. The second kappa shape index (κ2) is 7.62. The highest BCUT2D eigenvalue weighted by molar-refractivity contribution is 7.89. The number of nitrogens with one attached hydrogen (secondary N) is 2. The van der Waals surface area contributed by atoms with E-state index in [2.05, 4.69) is 22.0 Å². The lowest BCUT2D eigenvalue weighted by Crippen LogP contribution is -2.49. The van der Waals surface area contributed by atoms with Crippen LogP contribution in [-0.2, 0) is 23.5 Å². The number of aliphatic hydroxyl groups is 1. The first kappa shape index (κ1) is 21.6. The predicted molar refractivity (Wildman–Crippen MR) is 111 cm³/mol. The SMILES string of the molecule is C#C[C@](C)(O)[C@@H]1CCc2c(cn(C)c2C(=O)Nc2ccc(C)c(C#N)c2)S(=O)(=O)N1. The van der Waals surface area contributed by atoms with E-state index >= 15 is 0 Å². The van der Waals surface area contributed by atoms with Crippen LogP contribution in [0.2, 0.25) is 0 Å². The maximum absolute atomic E-state index is 13.0. The molecule has 1 amide bonds. The molecule has 30 heavy (non-hydrogen) atoms. The minimum atomic E-state index is -3.99. The molecule has 1 aliphatic heterocycles. The number of sulfonamides is 1. The lowest BCUT2D eigenvalue weighted by atomic mass is 9.92. The number of carbonyl (C=O) groups is 1. The number of aromatic nitrogens is 1. The van der Waals surface area contributed by atoms with Gasteiger partial charge >= 0.3 is 0 Å². The highest BCUT2D eigenvalue weighted by atomic mass is 32.2. The number of hydrogen-bond acceptors (Lipinski definition) is 5. The Morgan fingerprint density at radius 3 is 2.80 bits per heavy atom. The first-order valence-electron chi connectivity index (χ1n) is 9.23. The van der Waals surface area contributed by atoms with Crippen LogP contribution >= 0.6 is 0 Å². The molecule has 1 aliphatic rings. The number of amides is 1. The Bertz CT molecular complexity index is 1210. The largest absolute Gasteiger partial charge is 0.376 e. The molecule has 3 N–H and O–H groups in total. The molecular weight excluding hydrogens is 404 g/mol. The van der Waals surface area contributed by atoms with Crippen molar-refractivity contribution in [2.75, 3.05) is 5.32 Å². The highest BCUT2D eigenvalue weighted by Gasteiger charge is 2.39. The molecule has 0 bridgehead atoms. The zero-order valence-electron chi connectivity index (χ0n) is 16.9. The topological polar surface area (TPSA) is 124 Å². The van der Waals surface area contributed by atoms with Gasteiger partial charge in [-0.15, -0.1) is 6.42 Å². The van der Waals surface area contributed by atoms with Crippen molar-refractivity contribution in [3.05, 3.63) is 46.8 Å². The third kappa shape index (κ3) is 3.83. The normalized spacial score (nSPS) is 19.5. The van der Waals surface area contributed by atoms with Gasteiger partial charge in [-0.3, -0.25) is 4.79 Å². The first-order valence-corrected chi connectivity index (χ1v) is 10.7. The molecule has 0 aliphatic carbocycles. The van der Waals surface area contributed by atoms with E-state index in [-0.39, 0.29) is 23.4 Å². The number of hydrogen-bond donors (Lipinski definition) is 3. The summed E-state index contributed by atoms with van der Waals surface area (Å²) in [6, 6.07) is 6.13. The van der Waals surface area contributed by atoms with E-state index in [1.165, 1.54) is 17.7 Å². The highest BCUT2D eigenvalue weighted by Crippen LogP contribution is 2.30. The summed E-state index contributed by atoms with van der Waals surface area (Å²) in [7, 11) is -2.41. The zero-order valence-corrected chi connectivity index (χ0v) is 17.7. The second-order valence-corrected chi connectivity index (χ2v) is 9.21. The van der Waals surface area contributed by atoms with Crippen molar-refractivity contribution < 1.29 is 18.3 Å². The van der Waals surface area contributed by atoms with Gasteiger partial charge in [0.15, 0.2) is 0 Å². The van der Waals surface area contributed by atoms with E-state index in [1.807, 2.05) is 0 Å². The van der Waals surface area contributed by atoms with E-state index in [0.29, 0.717) is 16.8 Å². The average Bonchev–Trinajstić information content (AvgIpc) is 2.97. The quantitative estimate of drug-likeness (QED) is 0.641. The van der Waals surface area contributed by atoms with Crippen LogP contribution in [0.4, 0.5) is 5.69 Å². The van der Waals surface area contributed by atoms with E-state index < -0.39 is 27.6 Å². The molecular formula is C21H22N4O4S. The minimum Gasteiger partial charge on any atom is -0.376 e. The van der Waals surface area contributed by atoms with Crippen LogP contribution in [0.3, 0.4) is 0 Å². The maximum atomic E-state index is 13.0. The van der Waals surface area contributed by atoms with Crippen LogP contribution in [0.1, 0.15) is 40.5 Å². The predicted octanol–water partition coefficient (Wildman–Crippen LogP) is 1.43. The number of terminal acetylenes is 1. The van der Waals surface area contributed by atoms with Crippen molar-refractivity contribution in [2.24, 2.45) is 7.05 Å². The fourth-order valence-corrected chi connectivity index (χ4v) is 5.19. The third-order valence-corrected chi connectivity index (χ3v) is 6.84. The van der Waals surface area contributed by atoms with E-state index in [0.717, 1.165) is 5.56 Å². The second-order valence-electron chi connectivity index (χ2n) is 7.53. The summed E-state index contributed by atoms with van der Waals surface area (Å²) >= 11 is 0. The number of anilines is 1. The Morgan fingerprint density at radius 1 is 1.47 bits per heavy atom. The molecule has 0 unspecified atom stereocenters. The molecule has 3 rings (SSSR count). The molecule has 1 aromatic heterocycles. The molecule has 156 valence electrons. The van der Waals surface area contributed by atoms with Gasteiger partial charge < -0.3 is 15.0 Å². The van der Waals surface area contributed by atoms with Gasteiger partial charge in [-0.25, -0.2) is 13.1 Å². The van der Waals surface area contributed by atoms with Gasteiger partial charge in [-0.1, -0.05) is 12.0 Å². The maximum Gasteiger partial charge on any atom is 0.272 e. The Morgan fingerprint density at radius 2 is 2.17 bits per heavy atom. The van der Waals surface area contributed by atoms with Crippen LogP contribution in [0.5, 0.6) is 0 Å². The summed E-state index contributed by atoms with van der Waals surface area (Å²) in [5.74, 6) is 1.71. The van der Waals surface area contributed by atoms with Crippen LogP contribution in [0.25, 0.3) is 0 Å². The van der Waals surface area contributed by atoms with Gasteiger partial charge in [0, 0.05) is 24.5 Å². The van der Waals surface area contributed by atoms with Gasteiger partial charge in [0.05, 0.1) is 17.7 Å². The minimum absolute atomic E-state index is 0.0212. The van der Waals surface area contributed by atoms with Gasteiger partial charge in [0.1, 0.15) is 16.2 Å². The molecule has 0 spiro atoms. The van der Waals surface area contributed by atoms with Crippen molar-refractivity contribution in [1.29, 1.82) is 5.26 Å². The van der Waals surface area contributed by atoms with Crippen LogP contribution in [-0.4, -0.2) is 35.6 Å². The summed E-state index contributed by atoms with van der Waals surface area (Å²) in [5, 5.41) is 22.3. The van der Waals surface area contributed by atoms with Gasteiger partial charge in [0.2, 0.25) is 10.0 Å². The molecule has 0 saturated carbocycles. The first-order chi connectivity index (χ1) is 14.0. The van der Waals surface area contributed by atoms with Crippen LogP contribution in [0.15, 0.2) is 29.3 Å². The van der Waals surface area contributed by atoms with Crippen molar-refractivity contribution >= 4 is 21.6 Å². The molecule has 0 radical (unpaired) electrons. The van der Waals surface area contributed by atoms with Crippen molar-refractivity contribution in [2.45, 2.75) is 43.2 Å². The monoisotopic (exact) mass is 426 g/mol. The molecule has 0 fully saturated rings. The number of fused-ring (bicyclic) bond motifs is 1. The molecule has 9 heteroatoms. The zero-order chi connectivity index (χ0) is 22.3. The Balaban J connectivity index is 1.99. The number of carbonyl (C=O) groups excluding carboxylic acids is 1. The summed E-state index contributed by atoms with van der Waals surface area (Å²) in [6.45, 7) is 3.16. The number of aryl methyl sites for hydroxylation is 2. The Kier molecular flexibility index (Phi) is 5.48. The van der Waals surface area contributed by atoms with E-state index in [9.17, 15) is 23.6 Å². The fourth-order valence-electron chi connectivity index (χ4n) is 3.52. The van der Waals surface area contributed by atoms with Gasteiger partial charge in [0.25, 0.3) is 5.91 Å². The van der Waals surface area contributed by atoms with Gasteiger partial charge in [-0.2, -0.15) is 5.26 Å².